The molecule has 0 saturated heterocycles. The molecule has 170 valence electrons. The number of pyridine rings is 1. The van der Waals surface area contributed by atoms with Crippen LogP contribution in [0.25, 0.3) is 22.2 Å². The van der Waals surface area contributed by atoms with Gasteiger partial charge < -0.3 is 15.2 Å². The summed E-state index contributed by atoms with van der Waals surface area (Å²) >= 11 is 0. The van der Waals surface area contributed by atoms with Crippen LogP contribution in [-0.4, -0.2) is 39.2 Å². The number of aryl methyl sites for hydroxylation is 3. The zero-order valence-corrected chi connectivity index (χ0v) is 18.6. The topological polar surface area (TPSA) is 78.8 Å². The zero-order valence-electron chi connectivity index (χ0n) is 18.6. The number of hydrogen-bond acceptors (Lipinski definition) is 4. The number of hydrogen-bond donors (Lipinski definition) is 2. The molecule has 0 spiro atoms. The molecule has 0 radical (unpaired) electrons. The van der Waals surface area contributed by atoms with Crippen LogP contribution >= 0.6 is 0 Å². The number of fused-ring (bicyclic) bond motifs is 2. The van der Waals surface area contributed by atoms with E-state index in [4.69, 9.17) is 4.98 Å². The van der Waals surface area contributed by atoms with Gasteiger partial charge in [0.05, 0.1) is 17.3 Å². The molecule has 1 amide bonds. The van der Waals surface area contributed by atoms with Crippen LogP contribution in [0.1, 0.15) is 39.9 Å². The van der Waals surface area contributed by atoms with E-state index in [1.807, 2.05) is 24.0 Å². The van der Waals surface area contributed by atoms with Crippen molar-refractivity contribution in [2.45, 2.75) is 26.2 Å². The quantitative estimate of drug-likeness (QED) is 0.474. The third-order valence-electron chi connectivity index (χ3n) is 6.19. The van der Waals surface area contributed by atoms with Crippen molar-refractivity contribution >= 4 is 28.4 Å². The van der Waals surface area contributed by atoms with Gasteiger partial charge in [-0.3, -0.25) is 9.48 Å². The number of nitrogens with one attached hydrogen (secondary N) is 2. The van der Waals surface area contributed by atoms with Crippen molar-refractivity contribution in [2.75, 3.05) is 18.5 Å². The lowest BCUT2D eigenvalue weighted by Gasteiger charge is -2.32. The third kappa shape index (κ3) is 3.53. The number of carbonyl (C=O) groups excluding carboxylic acids is 1. The van der Waals surface area contributed by atoms with Crippen molar-refractivity contribution in [2.24, 2.45) is 7.05 Å². The molecule has 2 N–H and O–H groups in total. The molecule has 0 aliphatic carbocycles. The molecule has 0 atom stereocenters. The second kappa shape index (κ2) is 7.99. The van der Waals surface area contributed by atoms with Gasteiger partial charge in [-0.25, -0.2) is 13.8 Å². The molecule has 1 aromatic carbocycles. The highest BCUT2D eigenvalue weighted by Gasteiger charge is 2.26. The second-order valence-electron chi connectivity index (χ2n) is 8.33. The summed E-state index contributed by atoms with van der Waals surface area (Å²) in [6.07, 6.45) is 4.03. The van der Waals surface area contributed by atoms with E-state index < -0.39 is 6.43 Å². The first kappa shape index (κ1) is 21.1. The maximum Gasteiger partial charge on any atom is 0.264 e. The largest absolute Gasteiger partial charge is 0.359 e. The average molecular weight is 450 g/mol. The summed E-state index contributed by atoms with van der Waals surface area (Å²) in [6.45, 7) is 2.60. The Balaban J connectivity index is 1.66. The Morgan fingerprint density at radius 1 is 1.27 bits per heavy atom. The number of anilines is 2. The molecular formula is C24H24F2N6O. The van der Waals surface area contributed by atoms with Crippen LogP contribution in [-0.2, 0) is 13.5 Å². The van der Waals surface area contributed by atoms with Gasteiger partial charge in [-0.1, -0.05) is 0 Å². The van der Waals surface area contributed by atoms with Gasteiger partial charge in [0.2, 0.25) is 0 Å². The molecule has 4 aromatic rings. The second-order valence-corrected chi connectivity index (χ2v) is 8.33. The fourth-order valence-corrected chi connectivity index (χ4v) is 4.57. The average Bonchev–Trinajstić information content (AvgIpc) is 3.43. The monoisotopic (exact) mass is 450 g/mol. The molecule has 0 fully saturated rings. The van der Waals surface area contributed by atoms with E-state index >= 15 is 0 Å². The number of carbonyl (C=O) groups is 1. The van der Waals surface area contributed by atoms with Gasteiger partial charge in [0.1, 0.15) is 11.3 Å². The molecule has 7 nitrogen and oxygen atoms in total. The van der Waals surface area contributed by atoms with Crippen LogP contribution in [0.4, 0.5) is 20.3 Å². The molecule has 3 aromatic heterocycles. The van der Waals surface area contributed by atoms with E-state index in [0.717, 1.165) is 35.2 Å². The Kier molecular flexibility index (Phi) is 5.11. The first-order chi connectivity index (χ1) is 15.9. The number of rotatable bonds is 4. The standard InChI is InChI=1S/C24H24F2N6O/c1-13-7-20(30-22-18(24(33)27-2)11-28-21(13)22)32-6-4-5-14-8-16(15-10-29-31(3)12-15)17(23(25)26)9-19(14)32/h7-12,23,28H,4-6H2,1-3H3,(H,27,33). The Hall–Kier alpha value is -3.75. The number of aromatic amines is 1. The fraction of sp³-hybridized carbons (Fsp3) is 0.292. The lowest BCUT2D eigenvalue weighted by atomic mass is 9.93. The van der Waals surface area contributed by atoms with Crippen molar-refractivity contribution in [1.82, 2.24) is 25.1 Å². The number of benzene rings is 1. The highest BCUT2D eigenvalue weighted by atomic mass is 19.3. The molecule has 0 unspecified atom stereocenters. The Morgan fingerprint density at radius 2 is 2.09 bits per heavy atom. The number of amides is 1. The Labute approximate surface area is 189 Å². The number of halogens is 2. The molecule has 0 bridgehead atoms. The van der Waals surface area contributed by atoms with Crippen LogP contribution in [0.3, 0.4) is 0 Å². The minimum atomic E-state index is -2.63. The minimum Gasteiger partial charge on any atom is -0.359 e. The summed E-state index contributed by atoms with van der Waals surface area (Å²) in [5, 5.41) is 6.78. The van der Waals surface area contributed by atoms with Gasteiger partial charge in [-0.2, -0.15) is 5.10 Å². The molecule has 1 aliphatic heterocycles. The molecule has 5 rings (SSSR count). The van der Waals surface area contributed by atoms with E-state index in [2.05, 4.69) is 15.4 Å². The van der Waals surface area contributed by atoms with Crippen LogP contribution in [0, 0.1) is 6.92 Å². The summed E-state index contributed by atoms with van der Waals surface area (Å²) in [5.41, 5.74) is 5.60. The van der Waals surface area contributed by atoms with Crippen molar-refractivity contribution in [3.63, 3.8) is 0 Å². The van der Waals surface area contributed by atoms with Crippen molar-refractivity contribution in [3.8, 4) is 11.1 Å². The van der Waals surface area contributed by atoms with Gasteiger partial charge in [0, 0.05) is 49.8 Å². The van der Waals surface area contributed by atoms with Crippen LogP contribution in [0.2, 0.25) is 0 Å². The van der Waals surface area contributed by atoms with E-state index in [9.17, 15) is 13.6 Å². The van der Waals surface area contributed by atoms with Crippen LogP contribution < -0.4 is 10.2 Å². The lowest BCUT2D eigenvalue weighted by molar-refractivity contribution is 0.0964. The van der Waals surface area contributed by atoms with Gasteiger partial charge in [-0.15, -0.1) is 0 Å². The van der Waals surface area contributed by atoms with Crippen LogP contribution in [0.15, 0.2) is 36.8 Å². The van der Waals surface area contributed by atoms with E-state index in [-0.39, 0.29) is 11.5 Å². The first-order valence-corrected chi connectivity index (χ1v) is 10.8. The summed E-state index contributed by atoms with van der Waals surface area (Å²) in [6, 6.07) is 5.37. The van der Waals surface area contributed by atoms with Gasteiger partial charge in [-0.05, 0) is 54.7 Å². The van der Waals surface area contributed by atoms with Crippen molar-refractivity contribution in [1.29, 1.82) is 0 Å². The van der Waals surface area contributed by atoms with Crippen LogP contribution in [0.5, 0.6) is 0 Å². The predicted molar refractivity (Wildman–Crippen MR) is 123 cm³/mol. The maximum atomic E-state index is 14.1. The minimum absolute atomic E-state index is 0.0286. The summed E-state index contributed by atoms with van der Waals surface area (Å²) in [7, 11) is 3.34. The Bertz CT molecular complexity index is 1370. The lowest BCUT2D eigenvalue weighted by Crippen LogP contribution is -2.26. The summed E-state index contributed by atoms with van der Waals surface area (Å²) in [5.74, 6) is 0.408. The van der Waals surface area contributed by atoms with E-state index in [0.29, 0.717) is 34.6 Å². The first-order valence-electron chi connectivity index (χ1n) is 10.8. The maximum absolute atomic E-state index is 14.1. The highest BCUT2D eigenvalue weighted by molar-refractivity contribution is 6.06. The Morgan fingerprint density at radius 3 is 2.79 bits per heavy atom. The molecular weight excluding hydrogens is 426 g/mol. The molecule has 0 saturated carbocycles. The van der Waals surface area contributed by atoms with Gasteiger partial charge in [0.25, 0.3) is 12.3 Å². The molecule has 9 heteroatoms. The van der Waals surface area contributed by atoms with E-state index in [1.54, 1.807) is 43.4 Å². The normalized spacial score (nSPS) is 13.6. The summed E-state index contributed by atoms with van der Waals surface area (Å²) < 4.78 is 29.9. The van der Waals surface area contributed by atoms with Gasteiger partial charge in [0.15, 0.2) is 0 Å². The smallest absolute Gasteiger partial charge is 0.264 e. The SMILES string of the molecule is CNC(=O)c1c[nH]c2c(C)cc(N3CCCc4cc(-c5cnn(C)c5)c(C(F)F)cc43)nc12. The number of alkyl halides is 2. The zero-order chi connectivity index (χ0) is 23.3. The fourth-order valence-electron chi connectivity index (χ4n) is 4.57. The number of nitrogens with zero attached hydrogens (tertiary/aromatic N) is 4. The van der Waals surface area contributed by atoms with E-state index in [1.165, 1.54) is 0 Å². The number of aromatic nitrogens is 4. The van der Waals surface area contributed by atoms with Crippen molar-refractivity contribution < 1.29 is 13.6 Å². The molecule has 33 heavy (non-hydrogen) atoms. The number of H-pyrrole nitrogens is 1. The van der Waals surface area contributed by atoms with Gasteiger partial charge >= 0.3 is 0 Å². The molecule has 4 heterocycles. The third-order valence-corrected chi connectivity index (χ3v) is 6.19. The van der Waals surface area contributed by atoms with Crippen molar-refractivity contribution in [3.05, 3.63) is 59.0 Å². The highest BCUT2D eigenvalue weighted by Crippen LogP contribution is 2.41. The predicted octanol–water partition coefficient (Wildman–Crippen LogP) is 4.65. The molecule has 1 aliphatic rings. The summed E-state index contributed by atoms with van der Waals surface area (Å²) in [4.78, 5) is 22.2.